The van der Waals surface area contributed by atoms with Crippen LogP contribution in [-0.2, 0) is 11.3 Å². The third-order valence-corrected chi connectivity index (χ3v) is 2.03. The summed E-state index contributed by atoms with van der Waals surface area (Å²) >= 11 is 5.62. The third kappa shape index (κ3) is 4.26. The predicted octanol–water partition coefficient (Wildman–Crippen LogP) is 2.59. The second-order valence-electron chi connectivity index (χ2n) is 3.34. The lowest BCUT2D eigenvalue weighted by atomic mass is 10.3. The van der Waals surface area contributed by atoms with Crippen molar-refractivity contribution < 1.29 is 22.3 Å². The molecule has 0 saturated carbocycles. The van der Waals surface area contributed by atoms with E-state index in [1.54, 1.807) is 0 Å². The fourth-order valence-corrected chi connectivity index (χ4v) is 1.24. The molecule has 0 atom stereocenters. The van der Waals surface area contributed by atoms with E-state index in [-0.39, 0.29) is 23.4 Å². The topological polar surface area (TPSA) is 47.0 Å². The molecule has 9 heteroatoms. The Labute approximate surface area is 105 Å². The van der Waals surface area contributed by atoms with Crippen LogP contribution in [0.2, 0.25) is 5.15 Å². The molecule has 0 spiro atoms. The van der Waals surface area contributed by atoms with Gasteiger partial charge in [0.1, 0.15) is 17.6 Å². The van der Waals surface area contributed by atoms with Gasteiger partial charge in [-0.1, -0.05) is 11.6 Å². The number of alkyl halides is 4. The Morgan fingerprint density at radius 1 is 1.44 bits per heavy atom. The minimum Gasteiger partial charge on any atom is -0.377 e. The Morgan fingerprint density at radius 3 is 2.67 bits per heavy atom. The molecule has 0 aliphatic rings. The van der Waals surface area contributed by atoms with Crippen LogP contribution in [0.1, 0.15) is 5.82 Å². The largest absolute Gasteiger partial charge is 0.377 e. The molecule has 0 aromatic carbocycles. The number of aromatic nitrogens is 2. The van der Waals surface area contributed by atoms with E-state index >= 15 is 0 Å². The number of nitrogens with zero attached hydrogens (tertiary/aromatic N) is 2. The number of ether oxygens (including phenoxy) is 1. The average molecular weight is 288 g/mol. The Kier molecular flexibility index (Phi) is 5.09. The smallest absolute Gasteiger partial charge is 0.324 e. The van der Waals surface area contributed by atoms with Crippen molar-refractivity contribution in [3.05, 3.63) is 17.0 Å². The molecule has 1 aromatic rings. The van der Waals surface area contributed by atoms with E-state index in [9.17, 15) is 17.6 Å². The summed E-state index contributed by atoms with van der Waals surface area (Å²) in [6.45, 7) is -1.22. The van der Waals surface area contributed by atoms with Crippen LogP contribution in [0.25, 0.3) is 0 Å². The first kappa shape index (κ1) is 14.9. The highest BCUT2D eigenvalue weighted by Gasteiger charge is 2.40. The molecule has 1 N–H and O–H groups in total. The molecule has 0 fully saturated rings. The Balaban J connectivity index is 2.73. The molecular formula is C9H10ClF4N3O. The van der Waals surface area contributed by atoms with Crippen molar-refractivity contribution in [2.24, 2.45) is 0 Å². The van der Waals surface area contributed by atoms with E-state index in [0.29, 0.717) is 0 Å². The van der Waals surface area contributed by atoms with Crippen LogP contribution in [0.5, 0.6) is 0 Å². The summed E-state index contributed by atoms with van der Waals surface area (Å²) in [5, 5.41) is 2.08. The van der Waals surface area contributed by atoms with Crippen LogP contribution in [0.3, 0.4) is 0 Å². The molecule has 4 nitrogen and oxygen atoms in total. The molecule has 1 rings (SSSR count). The molecule has 0 bridgehead atoms. The summed E-state index contributed by atoms with van der Waals surface area (Å²) in [5.74, 6) is -4.05. The standard InChI is InChI=1S/C9H10ClF4N3O/c1-18-3-7-16-5(10)2-6(17-7)15-4-9(13,14)8(11)12/h2,8H,3-4H2,1H3,(H,15,16,17). The average Bonchev–Trinajstić information content (AvgIpc) is 2.26. The van der Waals surface area contributed by atoms with E-state index in [2.05, 4.69) is 15.3 Å². The molecule has 0 radical (unpaired) electrons. The quantitative estimate of drug-likeness (QED) is 0.645. The number of rotatable bonds is 6. The Bertz CT molecular complexity index is 405. The monoisotopic (exact) mass is 287 g/mol. The van der Waals surface area contributed by atoms with Gasteiger partial charge in [-0.25, -0.2) is 18.7 Å². The van der Waals surface area contributed by atoms with E-state index in [1.807, 2.05) is 0 Å². The zero-order chi connectivity index (χ0) is 13.8. The zero-order valence-electron chi connectivity index (χ0n) is 9.26. The first-order valence-electron chi connectivity index (χ1n) is 4.77. The van der Waals surface area contributed by atoms with Crippen molar-refractivity contribution in [1.29, 1.82) is 0 Å². The second kappa shape index (κ2) is 6.14. The van der Waals surface area contributed by atoms with E-state index < -0.39 is 18.9 Å². The summed E-state index contributed by atoms with van der Waals surface area (Å²) < 4.78 is 53.9. The van der Waals surface area contributed by atoms with Crippen molar-refractivity contribution in [3.63, 3.8) is 0 Å². The van der Waals surface area contributed by atoms with Gasteiger partial charge >= 0.3 is 12.3 Å². The summed E-state index contributed by atoms with van der Waals surface area (Å²) in [7, 11) is 1.39. The lowest BCUT2D eigenvalue weighted by Gasteiger charge is -2.16. The summed E-state index contributed by atoms with van der Waals surface area (Å²) in [6.07, 6.45) is -3.75. The molecule has 1 aromatic heterocycles. The lowest BCUT2D eigenvalue weighted by molar-refractivity contribution is -0.117. The van der Waals surface area contributed by atoms with Gasteiger partial charge in [-0.15, -0.1) is 0 Å². The second-order valence-corrected chi connectivity index (χ2v) is 3.73. The van der Waals surface area contributed by atoms with Gasteiger partial charge in [-0.05, 0) is 0 Å². The van der Waals surface area contributed by atoms with Crippen LogP contribution < -0.4 is 5.32 Å². The van der Waals surface area contributed by atoms with Crippen molar-refractivity contribution in [1.82, 2.24) is 9.97 Å². The number of methoxy groups -OCH3 is 1. The lowest BCUT2D eigenvalue weighted by Crippen LogP contribution is -2.35. The van der Waals surface area contributed by atoms with Gasteiger partial charge in [0, 0.05) is 13.2 Å². The zero-order valence-corrected chi connectivity index (χ0v) is 10.0. The molecule has 0 aliphatic carbocycles. The molecule has 102 valence electrons. The number of hydrogen-bond acceptors (Lipinski definition) is 4. The molecular weight excluding hydrogens is 278 g/mol. The van der Waals surface area contributed by atoms with Gasteiger partial charge in [0.15, 0.2) is 5.82 Å². The van der Waals surface area contributed by atoms with Crippen molar-refractivity contribution in [2.45, 2.75) is 19.0 Å². The van der Waals surface area contributed by atoms with E-state index in [4.69, 9.17) is 16.3 Å². The number of anilines is 1. The van der Waals surface area contributed by atoms with Crippen LogP contribution in [0.4, 0.5) is 23.4 Å². The maximum absolute atomic E-state index is 12.7. The number of halogens is 5. The third-order valence-electron chi connectivity index (χ3n) is 1.84. The predicted molar refractivity (Wildman–Crippen MR) is 57.2 cm³/mol. The van der Waals surface area contributed by atoms with E-state index in [1.165, 1.54) is 7.11 Å². The minimum absolute atomic E-state index is 0.0000803. The van der Waals surface area contributed by atoms with Crippen LogP contribution in [-0.4, -0.2) is 36.0 Å². The van der Waals surface area contributed by atoms with Gasteiger partial charge in [0.2, 0.25) is 0 Å². The molecule has 1 heterocycles. The van der Waals surface area contributed by atoms with Crippen LogP contribution >= 0.6 is 11.6 Å². The summed E-state index contributed by atoms with van der Waals surface area (Å²) in [6, 6.07) is 1.16. The van der Waals surface area contributed by atoms with Gasteiger partial charge in [0.25, 0.3) is 0 Å². The van der Waals surface area contributed by atoms with Crippen LogP contribution in [0, 0.1) is 0 Å². The SMILES string of the molecule is COCc1nc(Cl)cc(NCC(F)(F)C(F)F)n1. The summed E-state index contributed by atoms with van der Waals surface area (Å²) in [4.78, 5) is 7.53. The molecule has 0 aliphatic heterocycles. The van der Waals surface area contributed by atoms with Crippen molar-refractivity contribution >= 4 is 17.4 Å². The normalized spacial score (nSPS) is 11.9. The minimum atomic E-state index is -4.14. The molecule has 18 heavy (non-hydrogen) atoms. The molecule has 0 amide bonds. The first-order chi connectivity index (χ1) is 8.35. The highest BCUT2D eigenvalue weighted by atomic mass is 35.5. The van der Waals surface area contributed by atoms with Gasteiger partial charge in [-0.3, -0.25) is 0 Å². The van der Waals surface area contributed by atoms with Gasteiger partial charge in [0.05, 0.1) is 6.54 Å². The highest BCUT2D eigenvalue weighted by Crippen LogP contribution is 2.23. The van der Waals surface area contributed by atoms with E-state index in [0.717, 1.165) is 6.07 Å². The Morgan fingerprint density at radius 2 is 2.11 bits per heavy atom. The highest BCUT2D eigenvalue weighted by molar-refractivity contribution is 6.29. The molecule has 0 unspecified atom stereocenters. The van der Waals surface area contributed by atoms with Crippen LogP contribution in [0.15, 0.2) is 6.07 Å². The fraction of sp³-hybridized carbons (Fsp3) is 0.556. The van der Waals surface area contributed by atoms with Crippen molar-refractivity contribution in [2.75, 3.05) is 19.0 Å². The van der Waals surface area contributed by atoms with Gasteiger partial charge < -0.3 is 10.1 Å². The maximum Gasteiger partial charge on any atom is 0.324 e. The molecule has 0 saturated heterocycles. The summed E-state index contributed by atoms with van der Waals surface area (Å²) in [5.41, 5.74) is 0. The first-order valence-corrected chi connectivity index (χ1v) is 5.15. The Hall–Kier alpha value is -1.15. The van der Waals surface area contributed by atoms with Gasteiger partial charge in [-0.2, -0.15) is 8.78 Å². The number of hydrogen-bond donors (Lipinski definition) is 1. The van der Waals surface area contributed by atoms with Crippen molar-refractivity contribution in [3.8, 4) is 0 Å². The number of nitrogens with one attached hydrogen (secondary N) is 1. The maximum atomic E-state index is 12.7. The fourth-order valence-electron chi connectivity index (χ4n) is 1.03.